The molecule has 0 N–H and O–H groups in total. The average Bonchev–Trinajstić information content (AvgIpc) is 2.50. The summed E-state index contributed by atoms with van der Waals surface area (Å²) in [6.07, 6.45) is 18.4. The van der Waals surface area contributed by atoms with Gasteiger partial charge < -0.3 is 0 Å². The van der Waals surface area contributed by atoms with Crippen molar-refractivity contribution in [2.75, 3.05) is 0 Å². The van der Waals surface area contributed by atoms with E-state index in [0.717, 1.165) is 10.8 Å². The molecule has 0 rings (SSSR count). The van der Waals surface area contributed by atoms with Crippen molar-refractivity contribution in [2.45, 2.75) is 98.8 Å². The highest BCUT2D eigenvalue weighted by Gasteiger charge is 2.14. The van der Waals surface area contributed by atoms with Gasteiger partial charge in [0, 0.05) is 4.86 Å². The fourth-order valence-electron chi connectivity index (χ4n) is 2.93. The molecule has 0 aromatic heterocycles. The van der Waals surface area contributed by atoms with Gasteiger partial charge in [-0.15, -0.1) is 0 Å². The van der Waals surface area contributed by atoms with Crippen molar-refractivity contribution in [3.63, 3.8) is 0 Å². The summed E-state index contributed by atoms with van der Waals surface area (Å²) in [6, 6.07) is 0. The van der Waals surface area contributed by atoms with Crippen LogP contribution in [0.25, 0.3) is 0 Å². The van der Waals surface area contributed by atoms with E-state index in [1.54, 1.807) is 0 Å². The molecule has 0 unspecified atom stereocenters. The number of thiocarbonyl (C=S) groups is 1. The van der Waals surface area contributed by atoms with Crippen LogP contribution in [-0.4, -0.2) is 4.86 Å². The molecule has 0 spiro atoms. The van der Waals surface area contributed by atoms with Gasteiger partial charge in [0.25, 0.3) is 0 Å². The van der Waals surface area contributed by atoms with Gasteiger partial charge in [0.05, 0.1) is 0 Å². The molecule has 0 aliphatic carbocycles. The van der Waals surface area contributed by atoms with E-state index in [1.165, 1.54) is 64.2 Å². The van der Waals surface area contributed by atoms with Gasteiger partial charge in [-0.3, -0.25) is 0 Å². The molecular formula is C21H40S. The Balaban J connectivity index is 4.36. The van der Waals surface area contributed by atoms with Crippen molar-refractivity contribution < 1.29 is 0 Å². The summed E-state index contributed by atoms with van der Waals surface area (Å²) in [5.41, 5.74) is 0. The van der Waals surface area contributed by atoms with Gasteiger partial charge >= 0.3 is 0 Å². The zero-order valence-corrected chi connectivity index (χ0v) is 16.7. The molecule has 0 amide bonds. The fraction of sp³-hybridized carbons (Fsp3) is 0.857. The fourth-order valence-corrected chi connectivity index (χ4v) is 3.01. The summed E-state index contributed by atoms with van der Waals surface area (Å²) >= 11 is 5.44. The lowest BCUT2D eigenvalue weighted by molar-refractivity contribution is 0.338. The zero-order valence-electron chi connectivity index (χ0n) is 15.9. The molecule has 0 nitrogen and oxygen atoms in total. The summed E-state index contributed by atoms with van der Waals surface area (Å²) in [6.45, 7) is 11.3. The SMILES string of the molecule is CCCCCCC(CCCCCC)[C@H](C)/C=C/C(=S)C(C)C. The van der Waals surface area contributed by atoms with Crippen LogP contribution in [0.4, 0.5) is 0 Å². The Labute approximate surface area is 146 Å². The molecule has 0 saturated heterocycles. The molecule has 1 atom stereocenters. The van der Waals surface area contributed by atoms with Gasteiger partial charge in [-0.1, -0.05) is 110 Å². The van der Waals surface area contributed by atoms with E-state index in [1.807, 2.05) is 0 Å². The molecule has 1 heteroatoms. The van der Waals surface area contributed by atoms with Crippen molar-refractivity contribution in [3.8, 4) is 0 Å². The third-order valence-electron chi connectivity index (χ3n) is 4.73. The lowest BCUT2D eigenvalue weighted by Gasteiger charge is -2.22. The molecule has 0 radical (unpaired) electrons. The van der Waals surface area contributed by atoms with Crippen LogP contribution in [0, 0.1) is 17.8 Å². The van der Waals surface area contributed by atoms with Gasteiger partial charge in [-0.25, -0.2) is 0 Å². The van der Waals surface area contributed by atoms with Crippen LogP contribution in [-0.2, 0) is 0 Å². The van der Waals surface area contributed by atoms with Gasteiger partial charge in [-0.2, -0.15) is 0 Å². The number of hydrogen-bond donors (Lipinski definition) is 0. The monoisotopic (exact) mass is 324 g/mol. The number of unbranched alkanes of at least 4 members (excludes halogenated alkanes) is 6. The molecular weight excluding hydrogens is 284 g/mol. The zero-order chi connectivity index (χ0) is 16.8. The predicted octanol–water partition coefficient (Wildman–Crippen LogP) is 7.76. The molecule has 22 heavy (non-hydrogen) atoms. The van der Waals surface area contributed by atoms with E-state index in [2.05, 4.69) is 46.8 Å². The maximum atomic E-state index is 5.44. The summed E-state index contributed by atoms with van der Waals surface area (Å²) in [4.78, 5) is 1.10. The highest BCUT2D eigenvalue weighted by Crippen LogP contribution is 2.26. The molecule has 0 bridgehead atoms. The standard InChI is InChI=1S/C21H40S/c1-6-8-10-12-14-20(15-13-11-9-7-2)19(5)16-17-21(22)18(3)4/h16-20H,6-15H2,1-5H3/b17-16+/t19-/m1/s1. The van der Waals surface area contributed by atoms with Crippen LogP contribution in [0.5, 0.6) is 0 Å². The first-order chi connectivity index (χ1) is 10.5. The van der Waals surface area contributed by atoms with Crippen molar-refractivity contribution in [3.05, 3.63) is 12.2 Å². The minimum Gasteiger partial charge on any atom is -0.0846 e. The van der Waals surface area contributed by atoms with E-state index in [0.29, 0.717) is 11.8 Å². The normalized spacial score (nSPS) is 13.4. The minimum absolute atomic E-state index is 0.492. The van der Waals surface area contributed by atoms with Crippen molar-refractivity contribution >= 4 is 17.1 Å². The third kappa shape index (κ3) is 11.4. The van der Waals surface area contributed by atoms with E-state index in [4.69, 9.17) is 12.2 Å². The van der Waals surface area contributed by atoms with Crippen LogP contribution in [0.1, 0.15) is 98.8 Å². The first kappa shape index (κ1) is 21.8. The Kier molecular flexibility index (Phi) is 14.3. The summed E-state index contributed by atoms with van der Waals surface area (Å²) in [7, 11) is 0. The molecule has 0 fully saturated rings. The topological polar surface area (TPSA) is 0 Å². The molecule has 130 valence electrons. The second kappa shape index (κ2) is 14.4. The van der Waals surface area contributed by atoms with E-state index < -0.39 is 0 Å². The van der Waals surface area contributed by atoms with E-state index in [9.17, 15) is 0 Å². The largest absolute Gasteiger partial charge is 0.0846 e. The van der Waals surface area contributed by atoms with Crippen LogP contribution in [0.3, 0.4) is 0 Å². The van der Waals surface area contributed by atoms with E-state index >= 15 is 0 Å². The minimum atomic E-state index is 0.492. The Bertz CT molecular complexity index is 278. The summed E-state index contributed by atoms with van der Waals surface area (Å²) < 4.78 is 0. The second-order valence-electron chi connectivity index (χ2n) is 7.23. The molecule has 0 aromatic rings. The number of rotatable bonds is 14. The first-order valence-corrected chi connectivity index (χ1v) is 10.2. The van der Waals surface area contributed by atoms with Crippen LogP contribution in [0.15, 0.2) is 12.2 Å². The highest BCUT2D eigenvalue weighted by molar-refractivity contribution is 7.80. The Morgan fingerprint density at radius 1 is 0.818 bits per heavy atom. The van der Waals surface area contributed by atoms with Crippen molar-refractivity contribution in [1.82, 2.24) is 0 Å². The number of allylic oxidation sites excluding steroid dienone is 2. The molecule has 0 saturated carbocycles. The molecule has 0 aliphatic heterocycles. The summed E-state index contributed by atoms with van der Waals surface area (Å²) in [5, 5.41) is 0. The predicted molar refractivity (Wildman–Crippen MR) is 107 cm³/mol. The van der Waals surface area contributed by atoms with Crippen LogP contribution >= 0.6 is 12.2 Å². The first-order valence-electron chi connectivity index (χ1n) is 9.74. The van der Waals surface area contributed by atoms with Gasteiger partial charge in [0.1, 0.15) is 0 Å². The van der Waals surface area contributed by atoms with Crippen molar-refractivity contribution in [1.29, 1.82) is 0 Å². The lowest BCUT2D eigenvalue weighted by atomic mass is 9.84. The molecule has 0 aliphatic rings. The van der Waals surface area contributed by atoms with E-state index in [-0.39, 0.29) is 0 Å². The smallest absolute Gasteiger partial charge is 0.0174 e. The quantitative estimate of drug-likeness (QED) is 0.179. The average molecular weight is 325 g/mol. The molecule has 0 heterocycles. The highest BCUT2D eigenvalue weighted by atomic mass is 32.1. The van der Waals surface area contributed by atoms with Crippen LogP contribution < -0.4 is 0 Å². The second-order valence-corrected chi connectivity index (χ2v) is 7.71. The van der Waals surface area contributed by atoms with Crippen LogP contribution in [0.2, 0.25) is 0 Å². The van der Waals surface area contributed by atoms with Gasteiger partial charge in [-0.05, 0) is 30.6 Å². The Morgan fingerprint density at radius 3 is 1.73 bits per heavy atom. The molecule has 0 aromatic carbocycles. The maximum Gasteiger partial charge on any atom is 0.0174 e. The van der Waals surface area contributed by atoms with Gasteiger partial charge in [0.15, 0.2) is 0 Å². The third-order valence-corrected chi connectivity index (χ3v) is 5.34. The number of hydrogen-bond acceptors (Lipinski definition) is 1. The summed E-state index contributed by atoms with van der Waals surface area (Å²) in [5.74, 6) is 2.01. The Morgan fingerprint density at radius 2 is 1.32 bits per heavy atom. The van der Waals surface area contributed by atoms with Gasteiger partial charge in [0.2, 0.25) is 0 Å². The lowest BCUT2D eigenvalue weighted by Crippen LogP contribution is -2.11. The Hall–Kier alpha value is -0.170. The maximum absolute atomic E-state index is 5.44. The van der Waals surface area contributed by atoms with Crippen molar-refractivity contribution in [2.24, 2.45) is 17.8 Å².